The maximum absolute atomic E-state index is 13.3. The van der Waals surface area contributed by atoms with E-state index in [1.807, 2.05) is 6.92 Å². The van der Waals surface area contributed by atoms with Crippen molar-refractivity contribution in [2.45, 2.75) is 13.5 Å². The van der Waals surface area contributed by atoms with Gasteiger partial charge in [0.15, 0.2) is 6.61 Å². The van der Waals surface area contributed by atoms with Gasteiger partial charge in [-0.1, -0.05) is 12.8 Å². The Kier molecular flexibility index (Phi) is 6.41. The minimum absolute atomic E-state index is 0.150. The number of carbonyl (C=O) groups excluding carboxylic acids is 1. The van der Waals surface area contributed by atoms with Crippen LogP contribution >= 0.6 is 0 Å². The number of ether oxygens (including phenoxy) is 1. The average molecular weight is 264 g/mol. The van der Waals surface area contributed by atoms with Gasteiger partial charge in [0.25, 0.3) is 5.91 Å². The van der Waals surface area contributed by atoms with E-state index in [1.54, 1.807) is 6.07 Å². The van der Waals surface area contributed by atoms with Crippen LogP contribution in [-0.4, -0.2) is 25.6 Å². The van der Waals surface area contributed by atoms with Crippen molar-refractivity contribution in [1.82, 2.24) is 10.6 Å². The van der Waals surface area contributed by atoms with Crippen molar-refractivity contribution in [2.75, 3.05) is 19.7 Å². The topological polar surface area (TPSA) is 50.4 Å². The highest BCUT2D eigenvalue weighted by atomic mass is 19.1. The molecule has 0 bridgehead atoms. The molecule has 19 heavy (non-hydrogen) atoms. The largest absolute Gasteiger partial charge is 0.484 e. The molecule has 1 rings (SSSR count). The third kappa shape index (κ3) is 5.89. The van der Waals surface area contributed by atoms with Crippen molar-refractivity contribution in [3.05, 3.63) is 29.6 Å². The number of hydrogen-bond donors (Lipinski definition) is 2. The van der Waals surface area contributed by atoms with Crippen molar-refractivity contribution in [3.8, 4) is 18.1 Å². The van der Waals surface area contributed by atoms with Gasteiger partial charge >= 0.3 is 0 Å². The second-order valence-electron chi connectivity index (χ2n) is 3.85. The monoisotopic (exact) mass is 264 g/mol. The molecular formula is C14H17FN2O2. The van der Waals surface area contributed by atoms with Crippen molar-refractivity contribution in [3.63, 3.8) is 0 Å². The molecule has 0 aliphatic carbocycles. The number of halogens is 1. The Hall–Kier alpha value is -2.06. The molecule has 0 aromatic heterocycles. The second-order valence-corrected chi connectivity index (χ2v) is 3.85. The minimum Gasteiger partial charge on any atom is -0.484 e. The summed E-state index contributed by atoms with van der Waals surface area (Å²) in [5.41, 5.74) is 0.765. The first-order valence-corrected chi connectivity index (χ1v) is 5.99. The zero-order chi connectivity index (χ0) is 14.1. The average Bonchev–Trinajstić information content (AvgIpc) is 2.40. The quantitative estimate of drug-likeness (QED) is 0.724. The van der Waals surface area contributed by atoms with E-state index in [0.29, 0.717) is 12.3 Å². The first kappa shape index (κ1) is 15.0. The van der Waals surface area contributed by atoms with Crippen LogP contribution in [-0.2, 0) is 11.3 Å². The second kappa shape index (κ2) is 8.11. The molecule has 1 aromatic carbocycles. The molecule has 0 unspecified atom stereocenters. The summed E-state index contributed by atoms with van der Waals surface area (Å²) in [6.45, 7) is 3.27. The molecule has 0 saturated heterocycles. The molecule has 2 N–H and O–H groups in total. The van der Waals surface area contributed by atoms with Crippen LogP contribution < -0.4 is 15.4 Å². The lowest BCUT2D eigenvalue weighted by Crippen LogP contribution is -2.29. The maximum Gasteiger partial charge on any atom is 0.258 e. The fraction of sp³-hybridized carbons (Fsp3) is 0.357. The van der Waals surface area contributed by atoms with Crippen molar-refractivity contribution in [2.24, 2.45) is 0 Å². The van der Waals surface area contributed by atoms with Gasteiger partial charge in [-0.2, -0.15) is 0 Å². The van der Waals surface area contributed by atoms with Gasteiger partial charge in [0, 0.05) is 12.6 Å². The molecule has 102 valence electrons. The maximum atomic E-state index is 13.3. The molecule has 1 aromatic rings. The number of terminal acetylenes is 1. The summed E-state index contributed by atoms with van der Waals surface area (Å²) in [7, 11) is 0. The summed E-state index contributed by atoms with van der Waals surface area (Å²) in [5, 5.41) is 5.55. The number of benzene rings is 1. The van der Waals surface area contributed by atoms with Gasteiger partial charge in [0.2, 0.25) is 0 Å². The number of carbonyl (C=O) groups is 1. The summed E-state index contributed by atoms with van der Waals surface area (Å²) >= 11 is 0. The van der Waals surface area contributed by atoms with Crippen molar-refractivity contribution >= 4 is 5.91 Å². The molecule has 0 fully saturated rings. The van der Waals surface area contributed by atoms with Gasteiger partial charge in [0.1, 0.15) is 11.6 Å². The third-order valence-corrected chi connectivity index (χ3v) is 2.27. The first-order chi connectivity index (χ1) is 9.15. The van der Waals surface area contributed by atoms with Gasteiger partial charge in [-0.3, -0.25) is 4.79 Å². The van der Waals surface area contributed by atoms with E-state index < -0.39 is 5.82 Å². The van der Waals surface area contributed by atoms with Gasteiger partial charge in [0.05, 0.1) is 6.54 Å². The fourth-order valence-corrected chi connectivity index (χ4v) is 1.42. The molecule has 5 heteroatoms. The number of hydrogen-bond acceptors (Lipinski definition) is 3. The Labute approximate surface area is 112 Å². The lowest BCUT2D eigenvalue weighted by molar-refractivity contribution is -0.122. The normalized spacial score (nSPS) is 9.74. The Bertz CT molecular complexity index is 469. The van der Waals surface area contributed by atoms with Crippen LogP contribution in [0, 0.1) is 18.2 Å². The molecule has 0 atom stereocenters. The molecule has 4 nitrogen and oxygen atoms in total. The predicted octanol–water partition coefficient (Wildman–Crippen LogP) is 1.06. The van der Waals surface area contributed by atoms with Gasteiger partial charge in [-0.05, 0) is 24.2 Å². The predicted molar refractivity (Wildman–Crippen MR) is 71.1 cm³/mol. The van der Waals surface area contributed by atoms with Crippen LogP contribution in [0.15, 0.2) is 18.2 Å². The van der Waals surface area contributed by atoms with Crippen LogP contribution in [0.25, 0.3) is 0 Å². The summed E-state index contributed by atoms with van der Waals surface area (Å²) in [5.74, 6) is 1.87. The zero-order valence-electron chi connectivity index (χ0n) is 10.8. The summed E-state index contributed by atoms with van der Waals surface area (Å²) < 4.78 is 18.6. The molecule has 0 spiro atoms. The van der Waals surface area contributed by atoms with Crippen LogP contribution in [0.5, 0.6) is 5.75 Å². The highest BCUT2D eigenvalue weighted by Gasteiger charge is 2.05. The van der Waals surface area contributed by atoms with E-state index in [2.05, 4.69) is 16.6 Å². The summed E-state index contributed by atoms with van der Waals surface area (Å²) in [6.07, 6.45) is 5.01. The standard InChI is InChI=1S/C14H17FN2O2/c1-3-5-17-14(18)10-19-13-7-11(9-16-4-2)6-12(15)8-13/h1,6-8,16H,4-5,9-10H2,2H3,(H,17,18). The van der Waals surface area contributed by atoms with Crippen molar-refractivity contribution in [1.29, 1.82) is 0 Å². The van der Waals surface area contributed by atoms with E-state index in [1.165, 1.54) is 12.1 Å². The molecule has 0 aliphatic heterocycles. The fourth-order valence-electron chi connectivity index (χ4n) is 1.42. The van der Waals surface area contributed by atoms with E-state index in [4.69, 9.17) is 11.2 Å². The number of rotatable bonds is 7. The van der Waals surface area contributed by atoms with Crippen LogP contribution in [0.4, 0.5) is 4.39 Å². The Balaban J connectivity index is 2.55. The molecule has 1 amide bonds. The highest BCUT2D eigenvalue weighted by molar-refractivity contribution is 5.77. The van der Waals surface area contributed by atoms with Crippen LogP contribution in [0.2, 0.25) is 0 Å². The van der Waals surface area contributed by atoms with Gasteiger partial charge < -0.3 is 15.4 Å². The Morgan fingerprint density at radius 2 is 2.26 bits per heavy atom. The Morgan fingerprint density at radius 1 is 1.47 bits per heavy atom. The van der Waals surface area contributed by atoms with Crippen LogP contribution in [0.3, 0.4) is 0 Å². The molecule has 0 radical (unpaired) electrons. The van der Waals surface area contributed by atoms with Gasteiger partial charge in [-0.25, -0.2) is 4.39 Å². The molecular weight excluding hydrogens is 247 g/mol. The third-order valence-electron chi connectivity index (χ3n) is 2.27. The number of amides is 1. The highest BCUT2D eigenvalue weighted by Crippen LogP contribution is 2.16. The SMILES string of the molecule is C#CCNC(=O)COc1cc(F)cc(CNCC)c1. The van der Waals surface area contributed by atoms with E-state index in [9.17, 15) is 9.18 Å². The van der Waals surface area contributed by atoms with E-state index in [0.717, 1.165) is 12.1 Å². The lowest BCUT2D eigenvalue weighted by atomic mass is 10.2. The summed E-state index contributed by atoms with van der Waals surface area (Å²) in [6, 6.07) is 4.36. The lowest BCUT2D eigenvalue weighted by Gasteiger charge is -2.09. The molecule has 0 heterocycles. The van der Waals surface area contributed by atoms with E-state index >= 15 is 0 Å². The number of nitrogens with one attached hydrogen (secondary N) is 2. The zero-order valence-corrected chi connectivity index (χ0v) is 10.8. The van der Waals surface area contributed by atoms with Crippen molar-refractivity contribution < 1.29 is 13.9 Å². The smallest absolute Gasteiger partial charge is 0.258 e. The first-order valence-electron chi connectivity index (χ1n) is 5.99. The Morgan fingerprint density at radius 3 is 2.95 bits per heavy atom. The minimum atomic E-state index is -0.394. The molecule has 0 saturated carbocycles. The molecule has 0 aliphatic rings. The van der Waals surface area contributed by atoms with Gasteiger partial charge in [-0.15, -0.1) is 6.42 Å². The van der Waals surface area contributed by atoms with E-state index in [-0.39, 0.29) is 19.1 Å². The van der Waals surface area contributed by atoms with Crippen LogP contribution in [0.1, 0.15) is 12.5 Å². The summed E-state index contributed by atoms with van der Waals surface area (Å²) in [4.78, 5) is 11.3.